The third-order valence-corrected chi connectivity index (χ3v) is 3.04. The molecule has 4 heteroatoms. The van der Waals surface area contributed by atoms with Gasteiger partial charge in [-0.1, -0.05) is 11.6 Å². The molecule has 2 nitrogen and oxygen atoms in total. The Hall–Kier alpha value is -0.930. The molecule has 0 saturated carbocycles. The summed E-state index contributed by atoms with van der Waals surface area (Å²) in [6.45, 7) is 2.60. The van der Waals surface area contributed by atoms with Gasteiger partial charge in [-0.3, -0.25) is 0 Å². The molecule has 0 fully saturated rings. The van der Waals surface area contributed by atoms with Crippen LogP contribution in [0.1, 0.15) is 11.5 Å². The molecule has 74 valence electrons. The van der Waals surface area contributed by atoms with Gasteiger partial charge >= 0.3 is 0 Å². The second-order valence-electron chi connectivity index (χ2n) is 2.97. The number of furan rings is 1. The molecule has 0 aromatic carbocycles. The molecule has 0 spiro atoms. The predicted molar refractivity (Wildman–Crippen MR) is 60.1 cm³/mol. The maximum atomic E-state index is 5.94. The van der Waals surface area contributed by atoms with Crippen molar-refractivity contribution in [1.29, 1.82) is 0 Å². The highest BCUT2D eigenvalue weighted by Gasteiger charge is 2.02. The van der Waals surface area contributed by atoms with Crippen molar-refractivity contribution in [3.63, 3.8) is 0 Å². The highest BCUT2D eigenvalue weighted by molar-refractivity contribution is 7.15. The maximum Gasteiger partial charge on any atom is 0.123 e. The first-order valence-corrected chi connectivity index (χ1v) is 5.53. The molecule has 0 aliphatic heterocycles. The molecular weight excluding hydrogens is 218 g/mol. The monoisotopic (exact) mass is 227 g/mol. The number of nitrogens with one attached hydrogen (secondary N) is 1. The third kappa shape index (κ3) is 2.11. The fraction of sp³-hybridized carbons (Fsp3) is 0.200. The minimum atomic E-state index is 0.671. The molecule has 0 atom stereocenters. The van der Waals surface area contributed by atoms with E-state index in [2.05, 4.69) is 5.32 Å². The lowest BCUT2D eigenvalue weighted by Crippen LogP contribution is -1.96. The van der Waals surface area contributed by atoms with Crippen LogP contribution in [0.25, 0.3) is 0 Å². The van der Waals surface area contributed by atoms with Crippen LogP contribution >= 0.6 is 22.9 Å². The second-order valence-corrected chi connectivity index (χ2v) is 4.49. The zero-order chi connectivity index (χ0) is 9.97. The van der Waals surface area contributed by atoms with Crippen LogP contribution in [0.4, 0.5) is 5.69 Å². The first kappa shape index (κ1) is 9.62. The van der Waals surface area contributed by atoms with E-state index in [9.17, 15) is 0 Å². The highest BCUT2D eigenvalue weighted by atomic mass is 35.5. The summed E-state index contributed by atoms with van der Waals surface area (Å²) in [6, 6.07) is 5.87. The Balaban J connectivity index is 1.98. The van der Waals surface area contributed by atoms with Crippen molar-refractivity contribution >= 4 is 28.6 Å². The van der Waals surface area contributed by atoms with Crippen LogP contribution in [0.2, 0.25) is 4.34 Å². The van der Waals surface area contributed by atoms with E-state index >= 15 is 0 Å². The molecular formula is C10H10ClNOS. The van der Waals surface area contributed by atoms with Gasteiger partial charge in [-0.05, 0) is 30.5 Å². The van der Waals surface area contributed by atoms with E-state index in [4.69, 9.17) is 16.0 Å². The van der Waals surface area contributed by atoms with Gasteiger partial charge < -0.3 is 9.73 Å². The fourth-order valence-corrected chi connectivity index (χ4v) is 2.06. The van der Waals surface area contributed by atoms with Gasteiger partial charge in [0.15, 0.2) is 0 Å². The van der Waals surface area contributed by atoms with Crippen LogP contribution in [0.15, 0.2) is 28.0 Å². The SMILES string of the molecule is Cc1ccc(CNc2ccsc2Cl)o1. The number of hydrogen-bond acceptors (Lipinski definition) is 3. The molecule has 0 radical (unpaired) electrons. The molecule has 2 aromatic heterocycles. The lowest BCUT2D eigenvalue weighted by atomic mass is 10.4. The quantitative estimate of drug-likeness (QED) is 0.860. The van der Waals surface area contributed by atoms with Crippen molar-refractivity contribution in [2.24, 2.45) is 0 Å². The Morgan fingerprint density at radius 2 is 2.29 bits per heavy atom. The molecule has 0 saturated heterocycles. The van der Waals surface area contributed by atoms with E-state index in [0.717, 1.165) is 21.5 Å². The van der Waals surface area contributed by atoms with Crippen molar-refractivity contribution in [2.45, 2.75) is 13.5 Å². The molecule has 0 aliphatic rings. The molecule has 1 N–H and O–H groups in total. The van der Waals surface area contributed by atoms with Gasteiger partial charge in [0.25, 0.3) is 0 Å². The summed E-state index contributed by atoms with van der Waals surface area (Å²) in [5.74, 6) is 1.85. The van der Waals surface area contributed by atoms with Gasteiger partial charge in [-0.2, -0.15) is 0 Å². The van der Waals surface area contributed by atoms with Crippen molar-refractivity contribution in [1.82, 2.24) is 0 Å². The minimum Gasteiger partial charge on any atom is -0.465 e. The zero-order valence-corrected chi connectivity index (χ0v) is 9.28. The van der Waals surface area contributed by atoms with Crippen LogP contribution in [0.3, 0.4) is 0 Å². The lowest BCUT2D eigenvalue weighted by molar-refractivity contribution is 0.490. The van der Waals surface area contributed by atoms with E-state index in [-0.39, 0.29) is 0 Å². The molecule has 0 bridgehead atoms. The largest absolute Gasteiger partial charge is 0.465 e. The van der Waals surface area contributed by atoms with Gasteiger partial charge in [0.1, 0.15) is 15.9 Å². The van der Waals surface area contributed by atoms with Crippen LogP contribution in [-0.4, -0.2) is 0 Å². The second kappa shape index (κ2) is 4.07. The zero-order valence-electron chi connectivity index (χ0n) is 7.71. The summed E-state index contributed by atoms with van der Waals surface area (Å²) in [5.41, 5.74) is 0.964. The summed E-state index contributed by atoms with van der Waals surface area (Å²) in [4.78, 5) is 0. The van der Waals surface area contributed by atoms with E-state index in [1.807, 2.05) is 30.5 Å². The lowest BCUT2D eigenvalue weighted by Gasteiger charge is -2.01. The van der Waals surface area contributed by atoms with Crippen molar-refractivity contribution < 1.29 is 4.42 Å². The van der Waals surface area contributed by atoms with E-state index in [1.54, 1.807) is 0 Å². The molecule has 0 aliphatic carbocycles. The Morgan fingerprint density at radius 1 is 1.43 bits per heavy atom. The van der Waals surface area contributed by atoms with Gasteiger partial charge in [0, 0.05) is 0 Å². The van der Waals surface area contributed by atoms with Gasteiger partial charge in [0.2, 0.25) is 0 Å². The average Bonchev–Trinajstić information content (AvgIpc) is 2.72. The van der Waals surface area contributed by atoms with Crippen molar-refractivity contribution in [3.05, 3.63) is 39.4 Å². The molecule has 2 aromatic rings. The number of rotatable bonds is 3. The topological polar surface area (TPSA) is 25.2 Å². The normalized spacial score (nSPS) is 10.4. The minimum absolute atomic E-state index is 0.671. The standard InChI is InChI=1S/C10H10ClNOS/c1-7-2-3-8(13-7)6-12-9-4-5-14-10(9)11/h2-5,12H,6H2,1H3. The third-order valence-electron chi connectivity index (χ3n) is 1.87. The molecule has 14 heavy (non-hydrogen) atoms. The highest BCUT2D eigenvalue weighted by Crippen LogP contribution is 2.28. The van der Waals surface area contributed by atoms with Crippen LogP contribution in [-0.2, 0) is 6.54 Å². The molecule has 2 rings (SSSR count). The first-order chi connectivity index (χ1) is 6.75. The Bertz CT molecular complexity index is 421. The number of aryl methyl sites for hydroxylation is 1. The number of anilines is 1. The molecule has 2 heterocycles. The van der Waals surface area contributed by atoms with Gasteiger partial charge in [-0.25, -0.2) is 0 Å². The Morgan fingerprint density at radius 3 is 2.86 bits per heavy atom. The van der Waals surface area contributed by atoms with Crippen molar-refractivity contribution in [2.75, 3.05) is 5.32 Å². The summed E-state index contributed by atoms with van der Waals surface area (Å²) in [6.07, 6.45) is 0. The van der Waals surface area contributed by atoms with Gasteiger partial charge in [0.05, 0.1) is 12.2 Å². The summed E-state index contributed by atoms with van der Waals surface area (Å²) < 4.78 is 6.20. The molecule has 0 amide bonds. The fourth-order valence-electron chi connectivity index (χ4n) is 1.18. The maximum absolute atomic E-state index is 5.94. The van der Waals surface area contributed by atoms with E-state index in [1.165, 1.54) is 11.3 Å². The van der Waals surface area contributed by atoms with Crippen LogP contribution in [0, 0.1) is 6.92 Å². The number of hydrogen-bond donors (Lipinski definition) is 1. The average molecular weight is 228 g/mol. The Labute approximate surface area is 91.5 Å². The van der Waals surface area contributed by atoms with Crippen LogP contribution in [0.5, 0.6) is 0 Å². The first-order valence-electron chi connectivity index (χ1n) is 4.28. The molecule has 0 unspecified atom stereocenters. The van der Waals surface area contributed by atoms with Crippen molar-refractivity contribution in [3.8, 4) is 0 Å². The number of halogens is 1. The van der Waals surface area contributed by atoms with E-state index < -0.39 is 0 Å². The smallest absolute Gasteiger partial charge is 0.123 e. The summed E-state index contributed by atoms with van der Waals surface area (Å²) in [5, 5.41) is 5.16. The van der Waals surface area contributed by atoms with Gasteiger partial charge in [-0.15, -0.1) is 11.3 Å². The number of thiophene rings is 1. The van der Waals surface area contributed by atoms with E-state index in [0.29, 0.717) is 6.54 Å². The Kier molecular flexibility index (Phi) is 2.79. The summed E-state index contributed by atoms with van der Waals surface area (Å²) >= 11 is 7.45. The summed E-state index contributed by atoms with van der Waals surface area (Å²) in [7, 11) is 0. The predicted octanol–water partition coefficient (Wildman–Crippen LogP) is 3.92. The van der Waals surface area contributed by atoms with Crippen LogP contribution < -0.4 is 5.32 Å².